The van der Waals surface area contributed by atoms with Crippen molar-refractivity contribution < 1.29 is 14.3 Å². The third-order valence-electron chi connectivity index (χ3n) is 4.71. The Morgan fingerprint density at radius 3 is 2.19 bits per heavy atom. The third-order valence-corrected chi connectivity index (χ3v) is 4.71. The number of nitrogens with one attached hydrogen (secondary N) is 1. The maximum absolute atomic E-state index is 12.6. The SMILES string of the molecule is COc1[nH]c(C)c(C(=O)OC2C(C)CC(C)CC2C)c1C. The maximum Gasteiger partial charge on any atom is 0.340 e. The standard InChI is InChI=1S/C17H27NO3/c1-9-7-10(2)15(11(3)8-9)21-17(19)14-12(4)16(20-6)18-13(14)5/h9-11,15,18H,7-8H2,1-6H3. The first-order valence-electron chi connectivity index (χ1n) is 7.79. The first-order chi connectivity index (χ1) is 9.85. The molecule has 1 fully saturated rings. The molecule has 4 nitrogen and oxygen atoms in total. The summed E-state index contributed by atoms with van der Waals surface area (Å²) in [6, 6.07) is 0. The van der Waals surface area contributed by atoms with E-state index in [1.54, 1.807) is 7.11 Å². The van der Waals surface area contributed by atoms with Crippen LogP contribution in [-0.4, -0.2) is 24.2 Å². The molecule has 1 N–H and O–H groups in total. The molecule has 1 aliphatic rings. The van der Waals surface area contributed by atoms with Crippen molar-refractivity contribution in [3.05, 3.63) is 16.8 Å². The first-order valence-corrected chi connectivity index (χ1v) is 7.79. The van der Waals surface area contributed by atoms with Crippen molar-refractivity contribution in [2.24, 2.45) is 17.8 Å². The highest BCUT2D eigenvalue weighted by Crippen LogP contribution is 2.36. The Hall–Kier alpha value is -1.45. The molecule has 2 rings (SSSR count). The lowest BCUT2D eigenvalue weighted by Crippen LogP contribution is -2.37. The van der Waals surface area contributed by atoms with Gasteiger partial charge in [-0.1, -0.05) is 20.8 Å². The van der Waals surface area contributed by atoms with Gasteiger partial charge in [-0.05, 0) is 44.4 Å². The van der Waals surface area contributed by atoms with Gasteiger partial charge >= 0.3 is 5.97 Å². The molecule has 1 aromatic rings. The van der Waals surface area contributed by atoms with Crippen molar-refractivity contribution in [3.8, 4) is 5.88 Å². The number of carbonyl (C=O) groups excluding carboxylic acids is 1. The Morgan fingerprint density at radius 2 is 1.71 bits per heavy atom. The normalized spacial score (nSPS) is 29.2. The molecule has 0 radical (unpaired) electrons. The van der Waals surface area contributed by atoms with E-state index in [0.29, 0.717) is 29.2 Å². The van der Waals surface area contributed by atoms with E-state index >= 15 is 0 Å². The van der Waals surface area contributed by atoms with Crippen molar-refractivity contribution in [1.29, 1.82) is 0 Å². The highest BCUT2D eigenvalue weighted by atomic mass is 16.5. The monoisotopic (exact) mass is 293 g/mol. The molecule has 1 aliphatic carbocycles. The molecule has 118 valence electrons. The fraction of sp³-hybridized carbons (Fsp3) is 0.706. The van der Waals surface area contributed by atoms with Crippen LogP contribution >= 0.6 is 0 Å². The van der Waals surface area contributed by atoms with Crippen LogP contribution in [0.4, 0.5) is 0 Å². The van der Waals surface area contributed by atoms with Crippen molar-refractivity contribution in [2.45, 2.75) is 53.6 Å². The van der Waals surface area contributed by atoms with Crippen molar-refractivity contribution in [3.63, 3.8) is 0 Å². The molecule has 0 aliphatic heterocycles. The molecule has 0 spiro atoms. The molecule has 0 saturated heterocycles. The zero-order valence-electron chi connectivity index (χ0n) is 13.9. The van der Waals surface area contributed by atoms with Gasteiger partial charge in [-0.25, -0.2) is 4.79 Å². The Labute approximate surface area is 127 Å². The van der Waals surface area contributed by atoms with Crippen LogP contribution in [0.2, 0.25) is 0 Å². The fourth-order valence-electron chi connectivity index (χ4n) is 3.84. The maximum atomic E-state index is 12.6. The second-order valence-corrected chi connectivity index (χ2v) is 6.68. The van der Waals surface area contributed by atoms with Gasteiger partial charge in [-0.3, -0.25) is 0 Å². The lowest BCUT2D eigenvalue weighted by molar-refractivity contribution is -0.0253. The number of ether oxygens (including phenoxy) is 2. The van der Waals surface area contributed by atoms with Crippen LogP contribution in [0.3, 0.4) is 0 Å². The quantitative estimate of drug-likeness (QED) is 0.861. The molecule has 2 atom stereocenters. The highest BCUT2D eigenvalue weighted by molar-refractivity contribution is 5.93. The molecule has 1 saturated carbocycles. The summed E-state index contributed by atoms with van der Waals surface area (Å²) in [5.41, 5.74) is 2.24. The van der Waals surface area contributed by atoms with Gasteiger partial charge in [0.15, 0.2) is 5.88 Å². The minimum absolute atomic E-state index is 0.00777. The van der Waals surface area contributed by atoms with Crippen molar-refractivity contribution in [1.82, 2.24) is 4.98 Å². The molecule has 4 heteroatoms. The first kappa shape index (κ1) is 15.9. The summed E-state index contributed by atoms with van der Waals surface area (Å²) in [5, 5.41) is 0. The van der Waals surface area contributed by atoms with E-state index in [-0.39, 0.29) is 12.1 Å². The number of esters is 1. The van der Waals surface area contributed by atoms with E-state index in [2.05, 4.69) is 25.8 Å². The highest BCUT2D eigenvalue weighted by Gasteiger charge is 2.35. The zero-order chi connectivity index (χ0) is 15.7. The van der Waals surface area contributed by atoms with Crippen LogP contribution in [0.25, 0.3) is 0 Å². The van der Waals surface area contributed by atoms with Gasteiger partial charge in [-0.2, -0.15) is 0 Å². The third kappa shape index (κ3) is 3.09. The fourth-order valence-corrected chi connectivity index (χ4v) is 3.84. The van der Waals surface area contributed by atoms with E-state index in [4.69, 9.17) is 9.47 Å². The molecule has 0 amide bonds. The second kappa shape index (κ2) is 6.12. The van der Waals surface area contributed by atoms with Crippen LogP contribution in [0.15, 0.2) is 0 Å². The number of rotatable bonds is 3. The van der Waals surface area contributed by atoms with Crippen LogP contribution in [0, 0.1) is 31.6 Å². The van der Waals surface area contributed by atoms with Gasteiger partial charge in [0.1, 0.15) is 6.10 Å². The zero-order valence-corrected chi connectivity index (χ0v) is 13.9. The van der Waals surface area contributed by atoms with Gasteiger partial charge in [0.25, 0.3) is 0 Å². The molecular formula is C17H27NO3. The lowest BCUT2D eigenvalue weighted by atomic mass is 9.75. The summed E-state index contributed by atoms with van der Waals surface area (Å²) < 4.78 is 11.1. The molecular weight excluding hydrogens is 266 g/mol. The number of aryl methyl sites for hydroxylation is 1. The van der Waals surface area contributed by atoms with E-state index in [1.165, 1.54) is 0 Å². The van der Waals surface area contributed by atoms with Crippen molar-refractivity contribution in [2.75, 3.05) is 7.11 Å². The van der Waals surface area contributed by atoms with E-state index in [1.807, 2.05) is 13.8 Å². The van der Waals surface area contributed by atoms with Gasteiger partial charge < -0.3 is 14.5 Å². The largest absolute Gasteiger partial charge is 0.482 e. The minimum Gasteiger partial charge on any atom is -0.482 e. The average Bonchev–Trinajstić information content (AvgIpc) is 2.68. The number of hydrogen-bond donors (Lipinski definition) is 1. The number of aromatic amines is 1. The smallest absolute Gasteiger partial charge is 0.340 e. The number of carbonyl (C=O) groups is 1. The number of H-pyrrole nitrogens is 1. The number of hydrogen-bond acceptors (Lipinski definition) is 3. The van der Waals surface area contributed by atoms with Gasteiger partial charge in [0, 0.05) is 11.3 Å². The predicted octanol–water partition coefficient (Wildman–Crippen LogP) is 3.87. The summed E-state index contributed by atoms with van der Waals surface area (Å²) in [7, 11) is 1.60. The average molecular weight is 293 g/mol. The van der Waals surface area contributed by atoms with E-state index in [9.17, 15) is 4.79 Å². The second-order valence-electron chi connectivity index (χ2n) is 6.68. The summed E-state index contributed by atoms with van der Waals surface area (Å²) in [6.45, 7) is 10.4. The topological polar surface area (TPSA) is 51.3 Å². The van der Waals surface area contributed by atoms with Gasteiger partial charge in [-0.15, -0.1) is 0 Å². The van der Waals surface area contributed by atoms with Gasteiger partial charge in [0.05, 0.1) is 12.7 Å². The van der Waals surface area contributed by atoms with Gasteiger partial charge in [0.2, 0.25) is 0 Å². The summed E-state index contributed by atoms with van der Waals surface area (Å²) in [4.78, 5) is 15.6. The Bertz CT molecular complexity index is 508. The molecule has 0 bridgehead atoms. The molecule has 2 unspecified atom stereocenters. The van der Waals surface area contributed by atoms with E-state index in [0.717, 1.165) is 24.1 Å². The summed E-state index contributed by atoms with van der Waals surface area (Å²) >= 11 is 0. The summed E-state index contributed by atoms with van der Waals surface area (Å²) in [6.07, 6.45) is 2.25. The van der Waals surface area contributed by atoms with Crippen LogP contribution in [0.1, 0.15) is 55.2 Å². The summed E-state index contributed by atoms with van der Waals surface area (Å²) in [5.74, 6) is 1.93. The Morgan fingerprint density at radius 1 is 1.14 bits per heavy atom. The Kier molecular flexibility index (Phi) is 4.64. The molecule has 0 aromatic carbocycles. The van der Waals surface area contributed by atoms with Crippen LogP contribution in [0.5, 0.6) is 5.88 Å². The molecule has 1 heterocycles. The van der Waals surface area contributed by atoms with Crippen molar-refractivity contribution >= 4 is 5.97 Å². The number of aromatic nitrogens is 1. The van der Waals surface area contributed by atoms with Crippen LogP contribution < -0.4 is 4.74 Å². The lowest BCUT2D eigenvalue weighted by Gasteiger charge is -2.37. The van der Waals surface area contributed by atoms with Crippen LogP contribution in [-0.2, 0) is 4.74 Å². The number of methoxy groups -OCH3 is 1. The Balaban J connectivity index is 2.16. The van der Waals surface area contributed by atoms with E-state index < -0.39 is 0 Å². The minimum atomic E-state index is -0.234. The molecule has 21 heavy (non-hydrogen) atoms. The molecule has 1 aromatic heterocycles. The predicted molar refractivity (Wildman–Crippen MR) is 82.7 cm³/mol.